The zero-order valence-corrected chi connectivity index (χ0v) is 16.0. The summed E-state index contributed by atoms with van der Waals surface area (Å²) in [5.74, 6) is 0.779. The molecule has 2 aromatic carbocycles. The topological polar surface area (TPSA) is 54.6 Å². The predicted molar refractivity (Wildman–Crippen MR) is 106 cm³/mol. The minimum Gasteiger partial charge on any atom is -0.497 e. The van der Waals surface area contributed by atoms with E-state index in [2.05, 4.69) is 4.98 Å². The third-order valence-corrected chi connectivity index (χ3v) is 5.26. The molecule has 1 unspecified atom stereocenters. The molecule has 1 N–H and O–H groups in total. The molecule has 1 atom stereocenters. The zero-order chi connectivity index (χ0) is 19.0. The van der Waals surface area contributed by atoms with E-state index in [0.29, 0.717) is 18.2 Å². The van der Waals surface area contributed by atoms with Gasteiger partial charge in [-0.05, 0) is 48.7 Å². The summed E-state index contributed by atoms with van der Waals surface area (Å²) in [5, 5.41) is 1.83. The first kappa shape index (κ1) is 17.7. The number of hydrogen-bond acceptors (Lipinski definition) is 3. The van der Waals surface area contributed by atoms with E-state index in [1.807, 2.05) is 49.4 Å². The molecule has 1 amide bonds. The SMILES string of the molecule is CCOC(=O)N1CCc2c([nH]c3cc(Cl)ccc23)C1c1ccc(OC)cc1. The van der Waals surface area contributed by atoms with Crippen LogP contribution < -0.4 is 4.74 Å². The second kappa shape index (κ2) is 7.16. The highest BCUT2D eigenvalue weighted by Gasteiger charge is 2.35. The third-order valence-electron chi connectivity index (χ3n) is 5.02. The Bertz CT molecular complexity index is 981. The van der Waals surface area contributed by atoms with Gasteiger partial charge in [0.15, 0.2) is 0 Å². The quantitative estimate of drug-likeness (QED) is 0.696. The fourth-order valence-corrected chi connectivity index (χ4v) is 3.98. The Hall–Kier alpha value is -2.66. The van der Waals surface area contributed by atoms with Crippen molar-refractivity contribution >= 4 is 28.6 Å². The van der Waals surface area contributed by atoms with Gasteiger partial charge in [0, 0.05) is 28.2 Å². The van der Waals surface area contributed by atoms with Gasteiger partial charge in [0.1, 0.15) is 11.8 Å². The van der Waals surface area contributed by atoms with Crippen LogP contribution in [0.25, 0.3) is 10.9 Å². The summed E-state index contributed by atoms with van der Waals surface area (Å²) >= 11 is 6.17. The molecular weight excluding hydrogens is 364 g/mol. The standard InChI is InChI=1S/C21H21ClN2O3/c1-3-27-21(25)24-11-10-17-16-9-6-14(22)12-18(16)23-19(17)20(24)13-4-7-15(26-2)8-5-13/h4-9,12,20,23H,3,10-11H2,1-2H3. The fraction of sp³-hybridized carbons (Fsp3) is 0.286. The van der Waals surface area contributed by atoms with E-state index in [1.54, 1.807) is 12.0 Å². The van der Waals surface area contributed by atoms with Crippen LogP contribution in [0.5, 0.6) is 5.75 Å². The Morgan fingerprint density at radius 1 is 1.26 bits per heavy atom. The van der Waals surface area contributed by atoms with E-state index >= 15 is 0 Å². The van der Waals surface area contributed by atoms with Crippen molar-refractivity contribution in [1.82, 2.24) is 9.88 Å². The number of benzene rings is 2. The van der Waals surface area contributed by atoms with Crippen molar-refractivity contribution in [3.63, 3.8) is 0 Å². The van der Waals surface area contributed by atoms with Crippen molar-refractivity contribution in [3.05, 3.63) is 64.3 Å². The summed E-state index contributed by atoms with van der Waals surface area (Å²) in [5.41, 5.74) is 4.22. The van der Waals surface area contributed by atoms with Gasteiger partial charge in [0.25, 0.3) is 0 Å². The molecule has 0 bridgehead atoms. The molecule has 1 aliphatic heterocycles. The molecule has 4 rings (SSSR count). The summed E-state index contributed by atoms with van der Waals surface area (Å²) in [6, 6.07) is 13.4. The number of methoxy groups -OCH3 is 1. The van der Waals surface area contributed by atoms with Gasteiger partial charge in [0.2, 0.25) is 0 Å². The highest BCUT2D eigenvalue weighted by atomic mass is 35.5. The van der Waals surface area contributed by atoms with Crippen LogP contribution in [0.4, 0.5) is 4.79 Å². The molecule has 2 heterocycles. The number of H-pyrrole nitrogens is 1. The second-order valence-electron chi connectivity index (χ2n) is 6.53. The van der Waals surface area contributed by atoms with Crippen LogP contribution in [0.15, 0.2) is 42.5 Å². The molecule has 0 aliphatic carbocycles. The van der Waals surface area contributed by atoms with Crippen LogP contribution >= 0.6 is 11.6 Å². The number of nitrogens with one attached hydrogen (secondary N) is 1. The van der Waals surface area contributed by atoms with Crippen molar-refractivity contribution in [2.45, 2.75) is 19.4 Å². The van der Waals surface area contributed by atoms with Crippen LogP contribution in [-0.4, -0.2) is 36.2 Å². The highest BCUT2D eigenvalue weighted by molar-refractivity contribution is 6.31. The Balaban J connectivity index is 1.85. The van der Waals surface area contributed by atoms with E-state index in [0.717, 1.165) is 34.3 Å². The lowest BCUT2D eigenvalue weighted by Crippen LogP contribution is -2.40. The summed E-state index contributed by atoms with van der Waals surface area (Å²) < 4.78 is 10.6. The number of nitrogens with zero attached hydrogens (tertiary/aromatic N) is 1. The van der Waals surface area contributed by atoms with Gasteiger partial charge in [-0.25, -0.2) is 4.79 Å². The average molecular weight is 385 g/mol. The molecule has 1 aliphatic rings. The van der Waals surface area contributed by atoms with Gasteiger partial charge in [-0.2, -0.15) is 0 Å². The van der Waals surface area contributed by atoms with Gasteiger partial charge in [-0.15, -0.1) is 0 Å². The van der Waals surface area contributed by atoms with Gasteiger partial charge in [-0.3, -0.25) is 4.90 Å². The Morgan fingerprint density at radius 3 is 2.74 bits per heavy atom. The van der Waals surface area contributed by atoms with Crippen LogP contribution in [0.2, 0.25) is 5.02 Å². The summed E-state index contributed by atoms with van der Waals surface area (Å²) in [4.78, 5) is 17.9. The lowest BCUT2D eigenvalue weighted by molar-refractivity contribution is 0.0932. The van der Waals surface area contributed by atoms with Crippen molar-refractivity contribution in [1.29, 1.82) is 0 Å². The van der Waals surface area contributed by atoms with Gasteiger partial charge in [-0.1, -0.05) is 29.8 Å². The molecule has 140 valence electrons. The molecule has 0 saturated heterocycles. The minimum atomic E-state index is -0.305. The van der Waals surface area contributed by atoms with Crippen molar-refractivity contribution in [2.24, 2.45) is 0 Å². The number of hydrogen-bond donors (Lipinski definition) is 1. The second-order valence-corrected chi connectivity index (χ2v) is 6.96. The van der Waals surface area contributed by atoms with Crippen molar-refractivity contribution in [2.75, 3.05) is 20.3 Å². The van der Waals surface area contributed by atoms with E-state index in [4.69, 9.17) is 21.1 Å². The van der Waals surface area contributed by atoms with Crippen LogP contribution in [-0.2, 0) is 11.2 Å². The summed E-state index contributed by atoms with van der Waals surface area (Å²) in [6.45, 7) is 2.76. The van der Waals surface area contributed by atoms with E-state index in [1.165, 1.54) is 5.56 Å². The van der Waals surface area contributed by atoms with Gasteiger partial charge < -0.3 is 14.5 Å². The lowest BCUT2D eigenvalue weighted by atomic mass is 9.92. The number of aromatic nitrogens is 1. The summed E-state index contributed by atoms with van der Waals surface area (Å²) in [6.07, 6.45) is 0.461. The number of halogens is 1. The largest absolute Gasteiger partial charge is 0.497 e. The first-order chi connectivity index (χ1) is 13.1. The maximum atomic E-state index is 12.6. The number of ether oxygens (including phenoxy) is 2. The Labute approximate surface area is 162 Å². The number of amides is 1. The molecule has 1 aromatic heterocycles. The molecule has 0 fully saturated rings. The number of rotatable bonds is 3. The Kier molecular flexibility index (Phi) is 4.70. The normalized spacial score (nSPS) is 16.3. The molecule has 6 heteroatoms. The maximum Gasteiger partial charge on any atom is 0.410 e. The van der Waals surface area contributed by atoms with Gasteiger partial charge in [0.05, 0.1) is 13.7 Å². The number of carbonyl (C=O) groups is 1. The third kappa shape index (κ3) is 3.12. The van der Waals surface area contributed by atoms with E-state index in [-0.39, 0.29) is 12.1 Å². The van der Waals surface area contributed by atoms with E-state index < -0.39 is 0 Å². The van der Waals surface area contributed by atoms with Crippen LogP contribution in [0.3, 0.4) is 0 Å². The summed E-state index contributed by atoms with van der Waals surface area (Å²) in [7, 11) is 1.64. The first-order valence-electron chi connectivity index (χ1n) is 8.99. The van der Waals surface area contributed by atoms with E-state index in [9.17, 15) is 4.79 Å². The molecule has 3 aromatic rings. The fourth-order valence-electron chi connectivity index (χ4n) is 3.80. The molecule has 0 spiro atoms. The first-order valence-corrected chi connectivity index (χ1v) is 9.37. The molecule has 0 saturated carbocycles. The monoisotopic (exact) mass is 384 g/mol. The number of fused-ring (bicyclic) bond motifs is 3. The molecular formula is C21H21ClN2O3. The molecule has 0 radical (unpaired) electrons. The van der Waals surface area contributed by atoms with Crippen molar-refractivity contribution in [3.8, 4) is 5.75 Å². The smallest absolute Gasteiger partial charge is 0.410 e. The maximum absolute atomic E-state index is 12.6. The average Bonchev–Trinajstić information content (AvgIpc) is 3.05. The lowest BCUT2D eigenvalue weighted by Gasteiger charge is -2.35. The highest BCUT2D eigenvalue weighted by Crippen LogP contribution is 2.39. The zero-order valence-electron chi connectivity index (χ0n) is 15.3. The number of aromatic amines is 1. The molecule has 27 heavy (non-hydrogen) atoms. The molecule has 5 nitrogen and oxygen atoms in total. The Morgan fingerprint density at radius 2 is 2.04 bits per heavy atom. The van der Waals surface area contributed by atoms with Crippen LogP contribution in [0, 0.1) is 0 Å². The van der Waals surface area contributed by atoms with Gasteiger partial charge >= 0.3 is 6.09 Å². The number of carbonyl (C=O) groups excluding carboxylic acids is 1. The minimum absolute atomic E-state index is 0.245. The van der Waals surface area contributed by atoms with Crippen LogP contribution in [0.1, 0.15) is 29.8 Å². The predicted octanol–water partition coefficient (Wildman–Crippen LogP) is 4.93. The van der Waals surface area contributed by atoms with Crippen molar-refractivity contribution < 1.29 is 14.3 Å².